The maximum atomic E-state index is 12.0. The zero-order chi connectivity index (χ0) is 14.4. The average Bonchev–Trinajstić information content (AvgIpc) is 2.46. The molecule has 0 fully saturated rings. The van der Waals surface area contributed by atoms with Gasteiger partial charge < -0.3 is 14.8 Å². The highest BCUT2D eigenvalue weighted by molar-refractivity contribution is 5.46. The molecule has 0 spiro atoms. The number of ether oxygens (including phenoxy) is 2. The zero-order valence-corrected chi connectivity index (χ0v) is 10.8. The standard InChI is InChI=1S/C14H14F2N2O2/c1-19-13-4-2-3-11(18-13)9-17-10-5-7-12(8-6-10)20-14(15)16/h2-8,14,17H,9H2,1H3. The van der Waals surface area contributed by atoms with Crippen molar-refractivity contribution in [2.24, 2.45) is 0 Å². The highest BCUT2D eigenvalue weighted by Crippen LogP contribution is 2.18. The number of aromatic nitrogens is 1. The minimum Gasteiger partial charge on any atom is -0.481 e. The summed E-state index contributed by atoms with van der Waals surface area (Å²) in [4.78, 5) is 4.25. The first-order chi connectivity index (χ1) is 9.67. The topological polar surface area (TPSA) is 43.4 Å². The van der Waals surface area contributed by atoms with Crippen LogP contribution in [0.5, 0.6) is 11.6 Å². The third kappa shape index (κ3) is 4.08. The number of halogens is 2. The monoisotopic (exact) mass is 280 g/mol. The minimum atomic E-state index is -2.81. The van der Waals surface area contributed by atoms with E-state index >= 15 is 0 Å². The van der Waals surface area contributed by atoms with Gasteiger partial charge in [0.15, 0.2) is 0 Å². The maximum Gasteiger partial charge on any atom is 0.387 e. The Morgan fingerprint density at radius 3 is 2.55 bits per heavy atom. The van der Waals surface area contributed by atoms with Crippen molar-refractivity contribution < 1.29 is 18.3 Å². The molecule has 20 heavy (non-hydrogen) atoms. The van der Waals surface area contributed by atoms with Gasteiger partial charge >= 0.3 is 6.61 Å². The molecule has 0 atom stereocenters. The first-order valence-corrected chi connectivity index (χ1v) is 5.96. The third-order valence-electron chi connectivity index (χ3n) is 2.54. The fraction of sp³-hybridized carbons (Fsp3) is 0.214. The van der Waals surface area contributed by atoms with E-state index < -0.39 is 6.61 Å². The Morgan fingerprint density at radius 2 is 1.90 bits per heavy atom. The van der Waals surface area contributed by atoms with Crippen LogP contribution >= 0.6 is 0 Å². The van der Waals surface area contributed by atoms with Crippen molar-refractivity contribution in [3.05, 3.63) is 48.2 Å². The summed E-state index contributed by atoms with van der Waals surface area (Å²) in [6.45, 7) is -2.30. The van der Waals surface area contributed by atoms with Gasteiger partial charge in [-0.1, -0.05) is 6.07 Å². The lowest BCUT2D eigenvalue weighted by molar-refractivity contribution is -0.0498. The molecule has 0 aliphatic rings. The van der Waals surface area contributed by atoms with Crippen LogP contribution in [0.3, 0.4) is 0 Å². The van der Waals surface area contributed by atoms with Gasteiger partial charge in [-0.25, -0.2) is 4.98 Å². The molecule has 0 amide bonds. The summed E-state index contributed by atoms with van der Waals surface area (Å²) in [5.41, 5.74) is 1.61. The van der Waals surface area contributed by atoms with E-state index in [1.54, 1.807) is 25.3 Å². The van der Waals surface area contributed by atoms with E-state index in [-0.39, 0.29) is 5.75 Å². The first kappa shape index (κ1) is 14.0. The van der Waals surface area contributed by atoms with E-state index in [0.29, 0.717) is 12.4 Å². The van der Waals surface area contributed by atoms with Crippen LogP contribution in [0.1, 0.15) is 5.69 Å². The summed E-state index contributed by atoms with van der Waals surface area (Å²) in [5.74, 6) is 0.676. The normalized spacial score (nSPS) is 10.4. The molecular formula is C14H14F2N2O2. The predicted molar refractivity (Wildman–Crippen MR) is 71.2 cm³/mol. The lowest BCUT2D eigenvalue weighted by Crippen LogP contribution is -2.03. The van der Waals surface area contributed by atoms with Gasteiger partial charge in [0.05, 0.1) is 19.3 Å². The maximum absolute atomic E-state index is 12.0. The Hall–Kier alpha value is -2.37. The molecule has 0 aliphatic heterocycles. The summed E-state index contributed by atoms with van der Waals surface area (Å²) in [6, 6.07) is 11.8. The van der Waals surface area contributed by atoms with Gasteiger partial charge in [-0.2, -0.15) is 8.78 Å². The van der Waals surface area contributed by atoms with Gasteiger partial charge in [0, 0.05) is 11.8 Å². The Labute approximate surface area is 115 Å². The molecule has 0 aliphatic carbocycles. The molecule has 1 aromatic heterocycles. The van der Waals surface area contributed by atoms with Crippen LogP contribution in [-0.2, 0) is 6.54 Å². The predicted octanol–water partition coefficient (Wildman–Crippen LogP) is 3.30. The van der Waals surface area contributed by atoms with E-state index in [9.17, 15) is 8.78 Å². The Morgan fingerprint density at radius 1 is 1.15 bits per heavy atom. The van der Waals surface area contributed by atoms with Crippen LogP contribution in [-0.4, -0.2) is 18.7 Å². The van der Waals surface area contributed by atoms with Crippen molar-refractivity contribution in [3.63, 3.8) is 0 Å². The van der Waals surface area contributed by atoms with Crippen molar-refractivity contribution in [1.82, 2.24) is 4.98 Å². The molecular weight excluding hydrogens is 266 g/mol. The smallest absolute Gasteiger partial charge is 0.387 e. The lowest BCUT2D eigenvalue weighted by atomic mass is 10.3. The van der Waals surface area contributed by atoms with E-state index in [1.165, 1.54) is 12.1 Å². The molecule has 4 nitrogen and oxygen atoms in total. The molecule has 1 heterocycles. The van der Waals surface area contributed by atoms with Crippen molar-refractivity contribution in [3.8, 4) is 11.6 Å². The van der Waals surface area contributed by atoms with E-state index in [1.807, 2.05) is 12.1 Å². The molecule has 0 saturated carbocycles. The number of nitrogens with zero attached hydrogens (tertiary/aromatic N) is 1. The number of nitrogens with one attached hydrogen (secondary N) is 1. The lowest BCUT2D eigenvalue weighted by Gasteiger charge is -2.08. The van der Waals surface area contributed by atoms with Crippen molar-refractivity contribution in [2.75, 3.05) is 12.4 Å². The zero-order valence-electron chi connectivity index (χ0n) is 10.8. The van der Waals surface area contributed by atoms with E-state index in [0.717, 1.165) is 11.4 Å². The van der Waals surface area contributed by atoms with Gasteiger partial charge in [0.1, 0.15) is 5.75 Å². The highest BCUT2D eigenvalue weighted by atomic mass is 19.3. The summed E-state index contributed by atoms with van der Waals surface area (Å²) in [7, 11) is 1.56. The molecule has 0 radical (unpaired) electrons. The number of rotatable bonds is 6. The molecule has 6 heteroatoms. The molecule has 0 bridgehead atoms. The fourth-order valence-electron chi connectivity index (χ4n) is 1.62. The number of pyridine rings is 1. The fourth-order valence-corrected chi connectivity index (χ4v) is 1.62. The second kappa shape index (κ2) is 6.70. The van der Waals surface area contributed by atoms with Crippen LogP contribution < -0.4 is 14.8 Å². The van der Waals surface area contributed by atoms with Crippen LogP contribution in [0.15, 0.2) is 42.5 Å². The van der Waals surface area contributed by atoms with Gasteiger partial charge in [0.2, 0.25) is 5.88 Å². The Kier molecular flexibility index (Phi) is 4.70. The van der Waals surface area contributed by atoms with Crippen molar-refractivity contribution in [2.45, 2.75) is 13.2 Å². The minimum absolute atomic E-state index is 0.130. The number of alkyl halides is 2. The van der Waals surface area contributed by atoms with Crippen LogP contribution in [0.2, 0.25) is 0 Å². The molecule has 1 N–H and O–H groups in total. The second-order valence-electron chi connectivity index (χ2n) is 3.93. The molecule has 2 rings (SSSR count). The van der Waals surface area contributed by atoms with Gasteiger partial charge in [-0.05, 0) is 30.3 Å². The summed E-state index contributed by atoms with van der Waals surface area (Å²) < 4.78 is 33.3. The van der Waals surface area contributed by atoms with E-state index in [4.69, 9.17) is 4.74 Å². The average molecular weight is 280 g/mol. The molecule has 1 aromatic carbocycles. The quantitative estimate of drug-likeness (QED) is 0.881. The molecule has 0 saturated heterocycles. The molecule has 106 valence electrons. The number of methoxy groups -OCH3 is 1. The number of hydrogen-bond donors (Lipinski definition) is 1. The molecule has 0 unspecified atom stereocenters. The largest absolute Gasteiger partial charge is 0.481 e. The Bertz CT molecular complexity index is 547. The summed E-state index contributed by atoms with van der Waals surface area (Å²) >= 11 is 0. The van der Waals surface area contributed by atoms with Crippen molar-refractivity contribution >= 4 is 5.69 Å². The van der Waals surface area contributed by atoms with Gasteiger partial charge in [-0.3, -0.25) is 0 Å². The second-order valence-corrected chi connectivity index (χ2v) is 3.93. The highest BCUT2D eigenvalue weighted by Gasteiger charge is 2.03. The summed E-state index contributed by atoms with van der Waals surface area (Å²) in [6.07, 6.45) is 0. The first-order valence-electron chi connectivity index (χ1n) is 5.96. The van der Waals surface area contributed by atoms with Crippen LogP contribution in [0.25, 0.3) is 0 Å². The van der Waals surface area contributed by atoms with Crippen molar-refractivity contribution in [1.29, 1.82) is 0 Å². The Balaban J connectivity index is 1.93. The SMILES string of the molecule is COc1cccc(CNc2ccc(OC(F)F)cc2)n1. The number of anilines is 1. The van der Waals surface area contributed by atoms with Gasteiger partial charge in [-0.15, -0.1) is 0 Å². The van der Waals surface area contributed by atoms with E-state index in [2.05, 4.69) is 15.0 Å². The van der Waals surface area contributed by atoms with Crippen LogP contribution in [0.4, 0.5) is 14.5 Å². The van der Waals surface area contributed by atoms with Crippen LogP contribution in [0, 0.1) is 0 Å². The van der Waals surface area contributed by atoms with Gasteiger partial charge in [0.25, 0.3) is 0 Å². The molecule has 2 aromatic rings. The summed E-state index contributed by atoms with van der Waals surface area (Å²) in [5, 5.41) is 3.13. The third-order valence-corrected chi connectivity index (χ3v) is 2.54. The number of hydrogen-bond acceptors (Lipinski definition) is 4. The number of benzene rings is 1.